The number of hydrogen-bond donors (Lipinski definition) is 2. The smallest absolute Gasteiger partial charge is 0.407 e. The highest BCUT2D eigenvalue weighted by atomic mass is 32.2. The number of carbonyl (C=O) groups is 1. The summed E-state index contributed by atoms with van der Waals surface area (Å²) in [6.07, 6.45) is 3.64. The fourth-order valence-corrected chi connectivity index (χ4v) is 5.86. The lowest BCUT2D eigenvalue weighted by atomic mass is 10.0. The van der Waals surface area contributed by atoms with Gasteiger partial charge in [-0.05, 0) is 55.0 Å². The molecule has 35 heavy (non-hydrogen) atoms. The number of hydrogen-bond acceptors (Lipinski definition) is 5. The molecule has 2 atom stereocenters. The molecule has 2 N–H and O–H groups in total. The summed E-state index contributed by atoms with van der Waals surface area (Å²) in [5.74, 6) is -0.355. The number of nitrogens with one attached hydrogen (secondary N) is 1. The minimum atomic E-state index is -4.00. The lowest BCUT2D eigenvalue weighted by Crippen LogP contribution is -2.51. The maximum Gasteiger partial charge on any atom is 0.407 e. The average Bonchev–Trinajstić information content (AvgIpc) is 3.36. The van der Waals surface area contributed by atoms with E-state index in [2.05, 4.69) is 11.9 Å². The fourth-order valence-electron chi connectivity index (χ4n) is 4.32. The quantitative estimate of drug-likeness (QED) is 0.428. The van der Waals surface area contributed by atoms with Crippen LogP contribution in [-0.2, 0) is 21.2 Å². The summed E-state index contributed by atoms with van der Waals surface area (Å²) in [5, 5.41) is 13.9. The van der Waals surface area contributed by atoms with Gasteiger partial charge in [-0.3, -0.25) is 0 Å². The summed E-state index contributed by atoms with van der Waals surface area (Å²) in [5.41, 5.74) is 0.865. The van der Waals surface area contributed by atoms with E-state index in [-0.39, 0.29) is 36.9 Å². The standard InChI is InChI=1S/C26H33FN2O5S/c1-2-16-34-26(31)28-24(17-20-8-4-3-5-9-20)25(30)19-29(18-21-10-6-7-11-21)35(32,33)23-14-12-22(27)13-15-23/h2-5,8-9,12-15,21,24-25,30H,1,6-7,10-11,16-19H2,(H,28,31)/t24?,25-/m0/s1. The Labute approximate surface area is 206 Å². The van der Waals surface area contributed by atoms with Crippen LogP contribution < -0.4 is 5.32 Å². The van der Waals surface area contributed by atoms with E-state index < -0.39 is 34.1 Å². The van der Waals surface area contributed by atoms with Crippen molar-refractivity contribution in [1.29, 1.82) is 0 Å². The Kier molecular flexibility index (Phi) is 9.83. The van der Waals surface area contributed by atoms with Crippen LogP contribution in [-0.4, -0.2) is 55.8 Å². The second kappa shape index (κ2) is 12.8. The van der Waals surface area contributed by atoms with Gasteiger partial charge in [0.25, 0.3) is 0 Å². The predicted molar refractivity (Wildman–Crippen MR) is 132 cm³/mol. The molecule has 0 heterocycles. The third-order valence-corrected chi connectivity index (χ3v) is 8.02. The highest BCUT2D eigenvalue weighted by Gasteiger charge is 2.33. The summed E-state index contributed by atoms with van der Waals surface area (Å²) in [4.78, 5) is 12.2. The Bertz CT molecular complexity index is 1060. The minimum Gasteiger partial charge on any atom is -0.445 e. The average molecular weight is 505 g/mol. The van der Waals surface area contributed by atoms with Crippen LogP contribution in [0.3, 0.4) is 0 Å². The summed E-state index contributed by atoms with van der Waals surface area (Å²) < 4.78 is 46.7. The van der Waals surface area contributed by atoms with Gasteiger partial charge in [0.05, 0.1) is 17.0 Å². The highest BCUT2D eigenvalue weighted by molar-refractivity contribution is 7.89. The van der Waals surface area contributed by atoms with Crippen LogP contribution in [0.25, 0.3) is 0 Å². The van der Waals surface area contributed by atoms with Gasteiger partial charge in [0, 0.05) is 13.1 Å². The van der Waals surface area contributed by atoms with Crippen molar-refractivity contribution in [1.82, 2.24) is 9.62 Å². The molecule has 9 heteroatoms. The van der Waals surface area contributed by atoms with E-state index in [1.54, 1.807) is 0 Å². The molecule has 2 aromatic carbocycles. The lowest BCUT2D eigenvalue weighted by molar-refractivity contribution is 0.0912. The predicted octanol–water partition coefficient (Wildman–Crippen LogP) is 3.89. The van der Waals surface area contributed by atoms with Crippen molar-refractivity contribution in [3.63, 3.8) is 0 Å². The van der Waals surface area contributed by atoms with Gasteiger partial charge in [0.1, 0.15) is 12.4 Å². The van der Waals surface area contributed by atoms with Crippen LogP contribution in [0.2, 0.25) is 0 Å². The Balaban J connectivity index is 1.84. The summed E-state index contributed by atoms with van der Waals surface area (Å²) >= 11 is 0. The molecule has 0 radical (unpaired) electrons. The van der Waals surface area contributed by atoms with Crippen molar-refractivity contribution in [2.45, 2.75) is 49.1 Å². The van der Waals surface area contributed by atoms with Crippen LogP contribution in [0.5, 0.6) is 0 Å². The molecular formula is C26H33FN2O5S. The van der Waals surface area contributed by atoms with Crippen molar-refractivity contribution in [3.8, 4) is 0 Å². The number of rotatable bonds is 12. The number of aliphatic hydroxyl groups excluding tert-OH is 1. The number of nitrogens with zero attached hydrogens (tertiary/aromatic N) is 1. The minimum absolute atomic E-state index is 0.00668. The van der Waals surface area contributed by atoms with Crippen LogP contribution in [0.4, 0.5) is 9.18 Å². The molecule has 0 saturated heterocycles. The number of aliphatic hydroxyl groups is 1. The summed E-state index contributed by atoms with van der Waals surface area (Å²) in [6.45, 7) is 3.54. The molecule has 1 fully saturated rings. The maximum atomic E-state index is 13.5. The number of carbonyl (C=O) groups excluding carboxylic acids is 1. The Morgan fingerprint density at radius 3 is 2.46 bits per heavy atom. The molecule has 1 amide bonds. The fraction of sp³-hybridized carbons (Fsp3) is 0.423. The second-order valence-corrected chi connectivity index (χ2v) is 10.8. The molecule has 1 aliphatic rings. The molecule has 0 aromatic heterocycles. The number of amides is 1. The summed E-state index contributed by atoms with van der Waals surface area (Å²) in [7, 11) is -4.00. The molecule has 0 bridgehead atoms. The lowest BCUT2D eigenvalue weighted by Gasteiger charge is -2.31. The Hall–Kier alpha value is -2.75. The van der Waals surface area contributed by atoms with Crippen molar-refractivity contribution in [2.75, 3.05) is 19.7 Å². The van der Waals surface area contributed by atoms with Crippen molar-refractivity contribution < 1.29 is 27.4 Å². The Morgan fingerprint density at radius 2 is 1.83 bits per heavy atom. The van der Waals surface area contributed by atoms with Gasteiger partial charge in [-0.2, -0.15) is 4.31 Å². The van der Waals surface area contributed by atoms with Gasteiger partial charge in [-0.1, -0.05) is 55.8 Å². The van der Waals surface area contributed by atoms with Crippen LogP contribution in [0, 0.1) is 11.7 Å². The van der Waals surface area contributed by atoms with E-state index >= 15 is 0 Å². The van der Waals surface area contributed by atoms with Gasteiger partial charge in [-0.25, -0.2) is 17.6 Å². The molecule has 190 valence electrons. The number of ether oxygens (including phenoxy) is 1. The first-order valence-electron chi connectivity index (χ1n) is 11.8. The van der Waals surface area contributed by atoms with E-state index in [4.69, 9.17) is 4.74 Å². The van der Waals surface area contributed by atoms with E-state index in [0.29, 0.717) is 0 Å². The molecule has 7 nitrogen and oxygen atoms in total. The van der Waals surface area contributed by atoms with E-state index in [9.17, 15) is 22.7 Å². The molecule has 1 unspecified atom stereocenters. The Morgan fingerprint density at radius 1 is 1.17 bits per heavy atom. The third-order valence-electron chi connectivity index (χ3n) is 6.18. The van der Waals surface area contributed by atoms with Gasteiger partial charge in [0.15, 0.2) is 0 Å². The van der Waals surface area contributed by atoms with Crippen LogP contribution >= 0.6 is 0 Å². The highest BCUT2D eigenvalue weighted by Crippen LogP contribution is 2.28. The van der Waals surface area contributed by atoms with E-state index in [0.717, 1.165) is 43.4 Å². The summed E-state index contributed by atoms with van der Waals surface area (Å²) in [6, 6.07) is 13.1. The number of alkyl carbamates (subject to hydrolysis) is 1. The van der Waals surface area contributed by atoms with Crippen molar-refractivity contribution >= 4 is 16.1 Å². The molecular weight excluding hydrogens is 471 g/mol. The third kappa shape index (κ3) is 7.88. The maximum absolute atomic E-state index is 13.5. The topological polar surface area (TPSA) is 95.9 Å². The molecule has 1 saturated carbocycles. The first-order chi connectivity index (χ1) is 16.8. The van der Waals surface area contributed by atoms with Crippen LogP contribution in [0.1, 0.15) is 31.2 Å². The zero-order valence-corrected chi connectivity index (χ0v) is 20.5. The zero-order chi connectivity index (χ0) is 25.3. The monoisotopic (exact) mass is 504 g/mol. The SMILES string of the molecule is C=CCOC(=O)NC(Cc1ccccc1)[C@@H](O)CN(CC1CCCC1)S(=O)(=O)c1ccc(F)cc1. The second-order valence-electron chi connectivity index (χ2n) is 8.82. The number of halogens is 1. The zero-order valence-electron chi connectivity index (χ0n) is 19.7. The van der Waals surface area contributed by atoms with Crippen LogP contribution in [0.15, 0.2) is 72.1 Å². The van der Waals surface area contributed by atoms with Crippen molar-refractivity contribution in [2.24, 2.45) is 5.92 Å². The van der Waals surface area contributed by atoms with Gasteiger partial charge in [-0.15, -0.1) is 0 Å². The van der Waals surface area contributed by atoms with Crippen molar-refractivity contribution in [3.05, 3.63) is 78.6 Å². The largest absolute Gasteiger partial charge is 0.445 e. The number of sulfonamides is 1. The number of benzene rings is 2. The molecule has 2 aromatic rings. The van der Waals surface area contributed by atoms with Gasteiger partial charge in [0.2, 0.25) is 10.0 Å². The first kappa shape index (κ1) is 26.8. The van der Waals surface area contributed by atoms with E-state index in [1.165, 1.54) is 22.5 Å². The van der Waals surface area contributed by atoms with Gasteiger partial charge >= 0.3 is 6.09 Å². The van der Waals surface area contributed by atoms with E-state index in [1.807, 2.05) is 30.3 Å². The molecule has 0 aliphatic heterocycles. The first-order valence-corrected chi connectivity index (χ1v) is 13.3. The molecule has 1 aliphatic carbocycles. The van der Waals surface area contributed by atoms with Gasteiger partial charge < -0.3 is 15.2 Å². The normalized spacial score (nSPS) is 16.1. The molecule has 0 spiro atoms. The molecule has 3 rings (SSSR count).